The summed E-state index contributed by atoms with van der Waals surface area (Å²) in [5.41, 5.74) is 3.28. The van der Waals surface area contributed by atoms with Gasteiger partial charge >= 0.3 is 0 Å². The van der Waals surface area contributed by atoms with Crippen molar-refractivity contribution in [1.82, 2.24) is 4.98 Å². The molecule has 0 amide bonds. The molecule has 0 aliphatic rings. The summed E-state index contributed by atoms with van der Waals surface area (Å²) < 4.78 is 0. The summed E-state index contributed by atoms with van der Waals surface area (Å²) in [6.45, 7) is 13.9. The molecular weight excluding hydrogens is 381 g/mol. The Kier molecular flexibility index (Phi) is 7.14. The minimum absolute atomic E-state index is 0.213. The standard InChI is InChI=1S/C28H36NP/c1-7-19-28(5,6)23-11-15-25(16-12-23)30(26-17-20-29-21-18-26)24-13-9-22(10-14-24)27(3,4)8-2/h9-18,20-21H,7-8,19H2,1-6H3. The second kappa shape index (κ2) is 9.44. The fourth-order valence-corrected chi connectivity index (χ4v) is 6.26. The Bertz CT molecular complexity index is 925. The third kappa shape index (κ3) is 5.01. The van der Waals surface area contributed by atoms with E-state index < -0.39 is 7.92 Å². The number of rotatable bonds is 8. The minimum atomic E-state index is -0.595. The molecule has 0 radical (unpaired) electrons. The van der Waals surface area contributed by atoms with Gasteiger partial charge in [0, 0.05) is 12.4 Å². The highest BCUT2D eigenvalue weighted by molar-refractivity contribution is 7.79. The minimum Gasteiger partial charge on any atom is -0.265 e. The zero-order valence-corrected chi connectivity index (χ0v) is 20.3. The number of pyridine rings is 1. The van der Waals surface area contributed by atoms with Crippen molar-refractivity contribution in [3.05, 3.63) is 84.2 Å². The van der Waals surface area contributed by atoms with E-state index in [-0.39, 0.29) is 10.8 Å². The highest BCUT2D eigenvalue weighted by Crippen LogP contribution is 2.35. The second-order valence-corrected chi connectivity index (χ2v) is 11.7. The summed E-state index contributed by atoms with van der Waals surface area (Å²) in [5.74, 6) is 0. The molecule has 0 saturated heterocycles. The van der Waals surface area contributed by atoms with Gasteiger partial charge in [-0.1, -0.05) is 96.5 Å². The van der Waals surface area contributed by atoms with Crippen molar-refractivity contribution in [2.75, 3.05) is 0 Å². The summed E-state index contributed by atoms with van der Waals surface area (Å²) in [6.07, 6.45) is 7.38. The van der Waals surface area contributed by atoms with E-state index in [1.807, 2.05) is 12.4 Å². The Balaban J connectivity index is 2.01. The van der Waals surface area contributed by atoms with Crippen LogP contribution in [0.15, 0.2) is 73.1 Å². The van der Waals surface area contributed by atoms with E-state index in [2.05, 4.69) is 107 Å². The molecule has 1 unspecified atom stereocenters. The second-order valence-electron chi connectivity index (χ2n) is 9.51. The molecule has 1 heterocycles. The SMILES string of the molecule is CCCC(C)(C)c1ccc(P(c2ccncc2)c2ccc(C(C)(C)CC)cc2)cc1. The molecule has 1 atom stereocenters. The van der Waals surface area contributed by atoms with Crippen LogP contribution in [-0.4, -0.2) is 4.98 Å². The van der Waals surface area contributed by atoms with E-state index in [1.165, 1.54) is 39.9 Å². The molecular formula is C28H36NP. The number of hydrogen-bond acceptors (Lipinski definition) is 1. The van der Waals surface area contributed by atoms with Crippen molar-refractivity contribution < 1.29 is 0 Å². The first-order chi connectivity index (χ1) is 14.3. The van der Waals surface area contributed by atoms with Crippen LogP contribution in [-0.2, 0) is 10.8 Å². The predicted molar refractivity (Wildman–Crippen MR) is 134 cm³/mol. The maximum absolute atomic E-state index is 4.25. The molecule has 2 heteroatoms. The summed E-state index contributed by atoms with van der Waals surface area (Å²) >= 11 is 0. The molecule has 30 heavy (non-hydrogen) atoms. The van der Waals surface area contributed by atoms with Crippen LogP contribution < -0.4 is 15.9 Å². The highest BCUT2D eigenvalue weighted by atomic mass is 31.1. The zero-order chi connectivity index (χ0) is 21.8. The van der Waals surface area contributed by atoms with E-state index in [4.69, 9.17) is 0 Å². The fraction of sp³-hybridized carbons (Fsp3) is 0.393. The van der Waals surface area contributed by atoms with Crippen molar-refractivity contribution in [2.24, 2.45) is 0 Å². The van der Waals surface area contributed by atoms with Crippen LogP contribution in [0.4, 0.5) is 0 Å². The normalized spacial score (nSPS) is 13.3. The molecule has 0 aliphatic carbocycles. The highest BCUT2D eigenvalue weighted by Gasteiger charge is 2.22. The van der Waals surface area contributed by atoms with Gasteiger partial charge in [-0.3, -0.25) is 4.98 Å². The van der Waals surface area contributed by atoms with E-state index in [0.717, 1.165) is 6.42 Å². The van der Waals surface area contributed by atoms with Gasteiger partial charge in [-0.25, -0.2) is 0 Å². The third-order valence-corrected chi connectivity index (χ3v) is 8.94. The summed E-state index contributed by atoms with van der Waals surface area (Å²) in [6, 6.07) is 23.1. The van der Waals surface area contributed by atoms with Gasteiger partial charge in [-0.15, -0.1) is 0 Å². The van der Waals surface area contributed by atoms with Crippen LogP contribution in [0.2, 0.25) is 0 Å². The molecule has 0 saturated carbocycles. The molecule has 1 nitrogen and oxygen atoms in total. The van der Waals surface area contributed by atoms with Crippen molar-refractivity contribution in [3.8, 4) is 0 Å². The molecule has 0 spiro atoms. The Morgan fingerprint density at radius 3 is 1.50 bits per heavy atom. The van der Waals surface area contributed by atoms with Crippen LogP contribution in [0, 0.1) is 0 Å². The van der Waals surface area contributed by atoms with Crippen molar-refractivity contribution in [1.29, 1.82) is 0 Å². The summed E-state index contributed by atoms with van der Waals surface area (Å²) in [5, 5.41) is 4.14. The molecule has 158 valence electrons. The smallest absolute Gasteiger partial charge is 0.0274 e. The lowest BCUT2D eigenvalue weighted by atomic mass is 9.81. The number of aromatic nitrogens is 1. The van der Waals surface area contributed by atoms with E-state index in [0.29, 0.717) is 0 Å². The molecule has 3 rings (SSSR count). The summed E-state index contributed by atoms with van der Waals surface area (Å²) in [4.78, 5) is 4.25. The van der Waals surface area contributed by atoms with Gasteiger partial charge in [0.05, 0.1) is 0 Å². The largest absolute Gasteiger partial charge is 0.265 e. The molecule has 0 N–H and O–H groups in total. The van der Waals surface area contributed by atoms with Crippen molar-refractivity contribution in [2.45, 2.75) is 71.6 Å². The first-order valence-electron chi connectivity index (χ1n) is 11.2. The molecule has 0 aliphatic heterocycles. The van der Waals surface area contributed by atoms with Crippen molar-refractivity contribution >= 4 is 23.8 Å². The molecule has 2 aromatic carbocycles. The number of hydrogen-bond donors (Lipinski definition) is 0. The Morgan fingerprint density at radius 2 is 1.07 bits per heavy atom. The maximum Gasteiger partial charge on any atom is 0.0274 e. The van der Waals surface area contributed by atoms with E-state index in [1.54, 1.807) is 0 Å². The van der Waals surface area contributed by atoms with Gasteiger partial charge in [-0.2, -0.15) is 0 Å². The van der Waals surface area contributed by atoms with Gasteiger partial charge in [0.15, 0.2) is 0 Å². The number of nitrogens with zero attached hydrogens (tertiary/aromatic N) is 1. The Hall–Kier alpha value is -1.98. The molecule has 0 fully saturated rings. The lowest BCUT2D eigenvalue weighted by molar-refractivity contribution is 0.473. The molecule has 1 aromatic heterocycles. The fourth-order valence-electron chi connectivity index (χ4n) is 4.04. The van der Waals surface area contributed by atoms with E-state index in [9.17, 15) is 0 Å². The van der Waals surface area contributed by atoms with Crippen LogP contribution in [0.3, 0.4) is 0 Å². The van der Waals surface area contributed by atoms with Crippen molar-refractivity contribution in [3.63, 3.8) is 0 Å². The predicted octanol–water partition coefficient (Wildman–Crippen LogP) is 6.61. The monoisotopic (exact) mass is 417 g/mol. The number of benzene rings is 2. The average molecular weight is 418 g/mol. The van der Waals surface area contributed by atoms with E-state index >= 15 is 0 Å². The average Bonchev–Trinajstić information content (AvgIpc) is 2.75. The molecule has 0 bridgehead atoms. The van der Waals surface area contributed by atoms with Crippen LogP contribution in [0.25, 0.3) is 0 Å². The third-order valence-electron chi connectivity index (χ3n) is 6.49. The van der Waals surface area contributed by atoms with Gasteiger partial charge in [0.2, 0.25) is 0 Å². The first kappa shape index (κ1) is 22.7. The van der Waals surface area contributed by atoms with Crippen LogP contribution in [0.1, 0.15) is 71.9 Å². The Morgan fingerprint density at radius 1 is 0.633 bits per heavy atom. The Labute approximate surface area is 184 Å². The van der Waals surface area contributed by atoms with Crippen LogP contribution in [0.5, 0.6) is 0 Å². The van der Waals surface area contributed by atoms with Gasteiger partial charge < -0.3 is 0 Å². The first-order valence-corrected chi connectivity index (χ1v) is 12.5. The quantitative estimate of drug-likeness (QED) is 0.376. The summed E-state index contributed by atoms with van der Waals surface area (Å²) in [7, 11) is -0.595. The van der Waals surface area contributed by atoms with Crippen LogP contribution >= 0.6 is 7.92 Å². The lowest BCUT2D eigenvalue weighted by Gasteiger charge is -2.27. The lowest BCUT2D eigenvalue weighted by Crippen LogP contribution is -2.23. The molecule has 3 aromatic rings. The zero-order valence-electron chi connectivity index (χ0n) is 19.4. The maximum atomic E-state index is 4.25. The topological polar surface area (TPSA) is 12.9 Å². The van der Waals surface area contributed by atoms with Gasteiger partial charge in [-0.05, 0) is 70.8 Å². The van der Waals surface area contributed by atoms with Gasteiger partial charge in [0.25, 0.3) is 0 Å². The van der Waals surface area contributed by atoms with Gasteiger partial charge in [0.1, 0.15) is 0 Å².